The van der Waals surface area contributed by atoms with Crippen molar-refractivity contribution in [3.05, 3.63) is 18.0 Å². The van der Waals surface area contributed by atoms with E-state index in [4.69, 9.17) is 5.73 Å². The van der Waals surface area contributed by atoms with Gasteiger partial charge in [-0.15, -0.1) is 0 Å². The van der Waals surface area contributed by atoms with Gasteiger partial charge in [-0.25, -0.2) is 0 Å². The van der Waals surface area contributed by atoms with Crippen LogP contribution in [-0.4, -0.2) is 34.3 Å². The second-order valence-corrected chi connectivity index (χ2v) is 6.67. The molecule has 0 aliphatic carbocycles. The Bertz CT molecular complexity index is 391. The zero-order valence-corrected chi connectivity index (χ0v) is 12.1. The fourth-order valence-electron chi connectivity index (χ4n) is 2.72. The van der Waals surface area contributed by atoms with Crippen LogP contribution in [0.2, 0.25) is 0 Å². The molecule has 0 aromatic carbocycles. The minimum atomic E-state index is 0.0809. The van der Waals surface area contributed by atoms with E-state index in [1.165, 1.54) is 19.5 Å². The van der Waals surface area contributed by atoms with Crippen molar-refractivity contribution in [2.45, 2.75) is 33.2 Å². The molecule has 0 bridgehead atoms. The van der Waals surface area contributed by atoms with Gasteiger partial charge in [0.05, 0.1) is 6.20 Å². The van der Waals surface area contributed by atoms with E-state index >= 15 is 0 Å². The fraction of sp³-hybridized carbons (Fsp3) is 0.786. The average molecular weight is 250 g/mol. The van der Waals surface area contributed by atoms with E-state index in [1.807, 2.05) is 24.1 Å². The quantitative estimate of drug-likeness (QED) is 0.889. The first-order valence-electron chi connectivity index (χ1n) is 6.83. The number of nitrogens with two attached hydrogens (primary N) is 1. The van der Waals surface area contributed by atoms with Crippen LogP contribution in [0.5, 0.6) is 0 Å². The Kier molecular flexibility index (Phi) is 3.78. The highest BCUT2D eigenvalue weighted by Crippen LogP contribution is 2.33. The Labute approximate surface area is 110 Å². The van der Waals surface area contributed by atoms with Gasteiger partial charge in [0.2, 0.25) is 0 Å². The van der Waals surface area contributed by atoms with E-state index < -0.39 is 0 Å². The second kappa shape index (κ2) is 5.02. The van der Waals surface area contributed by atoms with Gasteiger partial charge in [0.1, 0.15) is 0 Å². The maximum absolute atomic E-state index is 6.25. The standard InChI is InChI=1S/C14H26N4/c1-14(2,3)12-5-6-18(9-12)10-13(15)11-7-16-17(4)8-11/h7-8,12-13H,5-6,9-10,15H2,1-4H3. The molecule has 2 N–H and O–H groups in total. The third-order valence-electron chi connectivity index (χ3n) is 4.11. The molecular weight excluding hydrogens is 224 g/mol. The minimum absolute atomic E-state index is 0.0809. The highest BCUT2D eigenvalue weighted by atomic mass is 15.2. The number of likely N-dealkylation sites (tertiary alicyclic amines) is 1. The smallest absolute Gasteiger partial charge is 0.0537 e. The molecule has 18 heavy (non-hydrogen) atoms. The summed E-state index contributed by atoms with van der Waals surface area (Å²) in [6.07, 6.45) is 5.19. The molecule has 4 nitrogen and oxygen atoms in total. The van der Waals surface area contributed by atoms with Crippen LogP contribution in [0.1, 0.15) is 38.8 Å². The van der Waals surface area contributed by atoms with Gasteiger partial charge in [0, 0.05) is 37.9 Å². The Morgan fingerprint density at radius 1 is 1.50 bits per heavy atom. The number of aromatic nitrogens is 2. The number of hydrogen-bond donors (Lipinski definition) is 1. The number of nitrogens with zero attached hydrogens (tertiary/aromatic N) is 3. The second-order valence-electron chi connectivity index (χ2n) is 6.67. The Hall–Kier alpha value is -0.870. The molecule has 0 spiro atoms. The van der Waals surface area contributed by atoms with Crippen LogP contribution in [-0.2, 0) is 7.05 Å². The molecule has 1 fully saturated rings. The summed E-state index contributed by atoms with van der Waals surface area (Å²) < 4.78 is 1.82. The van der Waals surface area contributed by atoms with Crippen molar-refractivity contribution >= 4 is 0 Å². The van der Waals surface area contributed by atoms with Crippen molar-refractivity contribution in [2.24, 2.45) is 24.1 Å². The summed E-state index contributed by atoms with van der Waals surface area (Å²) in [6, 6.07) is 0.0809. The molecule has 2 heterocycles. The summed E-state index contributed by atoms with van der Waals surface area (Å²) in [5, 5.41) is 4.18. The molecule has 2 atom stereocenters. The summed E-state index contributed by atoms with van der Waals surface area (Å²) >= 11 is 0. The highest BCUT2D eigenvalue weighted by Gasteiger charge is 2.32. The van der Waals surface area contributed by atoms with Gasteiger partial charge in [-0.2, -0.15) is 5.10 Å². The van der Waals surface area contributed by atoms with E-state index in [0.717, 1.165) is 18.0 Å². The number of aryl methyl sites for hydroxylation is 1. The Morgan fingerprint density at radius 3 is 2.72 bits per heavy atom. The molecule has 0 saturated carbocycles. The first-order valence-corrected chi connectivity index (χ1v) is 6.83. The fourth-order valence-corrected chi connectivity index (χ4v) is 2.72. The van der Waals surface area contributed by atoms with Crippen LogP contribution in [0, 0.1) is 11.3 Å². The summed E-state index contributed by atoms with van der Waals surface area (Å²) in [7, 11) is 1.93. The lowest BCUT2D eigenvalue weighted by Crippen LogP contribution is -2.32. The molecule has 4 heteroatoms. The third-order valence-corrected chi connectivity index (χ3v) is 4.11. The van der Waals surface area contributed by atoms with E-state index in [0.29, 0.717) is 5.41 Å². The van der Waals surface area contributed by atoms with Gasteiger partial charge in [-0.05, 0) is 24.3 Å². The zero-order chi connectivity index (χ0) is 13.3. The van der Waals surface area contributed by atoms with E-state index in [2.05, 4.69) is 30.8 Å². The molecular formula is C14H26N4. The first kappa shape index (κ1) is 13.6. The summed E-state index contributed by atoms with van der Waals surface area (Å²) in [5.74, 6) is 0.790. The largest absolute Gasteiger partial charge is 0.323 e. The molecule has 1 aromatic rings. The monoisotopic (exact) mass is 250 g/mol. The van der Waals surface area contributed by atoms with Crippen LogP contribution >= 0.6 is 0 Å². The molecule has 1 aromatic heterocycles. The zero-order valence-electron chi connectivity index (χ0n) is 12.1. The van der Waals surface area contributed by atoms with Crippen LogP contribution in [0.3, 0.4) is 0 Å². The van der Waals surface area contributed by atoms with Crippen LogP contribution < -0.4 is 5.73 Å². The number of rotatable bonds is 3. The third kappa shape index (κ3) is 3.12. The van der Waals surface area contributed by atoms with Gasteiger partial charge < -0.3 is 10.6 Å². The maximum Gasteiger partial charge on any atom is 0.0537 e. The van der Waals surface area contributed by atoms with Gasteiger partial charge in [-0.1, -0.05) is 20.8 Å². The molecule has 1 aliphatic rings. The summed E-state index contributed by atoms with van der Waals surface area (Å²) in [5.41, 5.74) is 7.79. The Morgan fingerprint density at radius 2 is 2.22 bits per heavy atom. The first-order chi connectivity index (χ1) is 8.36. The average Bonchev–Trinajstić information content (AvgIpc) is 2.85. The lowest BCUT2D eigenvalue weighted by molar-refractivity contribution is 0.224. The number of hydrogen-bond acceptors (Lipinski definition) is 3. The highest BCUT2D eigenvalue weighted by molar-refractivity contribution is 5.10. The van der Waals surface area contributed by atoms with Crippen molar-refractivity contribution in [3.8, 4) is 0 Å². The van der Waals surface area contributed by atoms with E-state index in [-0.39, 0.29) is 6.04 Å². The van der Waals surface area contributed by atoms with E-state index in [1.54, 1.807) is 0 Å². The van der Waals surface area contributed by atoms with Gasteiger partial charge in [-0.3, -0.25) is 4.68 Å². The Balaban J connectivity index is 1.88. The maximum atomic E-state index is 6.25. The van der Waals surface area contributed by atoms with Crippen LogP contribution in [0.15, 0.2) is 12.4 Å². The molecule has 2 rings (SSSR count). The van der Waals surface area contributed by atoms with Crippen LogP contribution in [0.25, 0.3) is 0 Å². The van der Waals surface area contributed by atoms with Crippen molar-refractivity contribution in [1.29, 1.82) is 0 Å². The SMILES string of the molecule is Cn1cc(C(N)CN2CCC(C(C)(C)C)C2)cn1. The minimum Gasteiger partial charge on any atom is -0.323 e. The molecule has 1 saturated heterocycles. The molecule has 2 unspecified atom stereocenters. The van der Waals surface area contributed by atoms with Gasteiger partial charge >= 0.3 is 0 Å². The molecule has 1 aliphatic heterocycles. The summed E-state index contributed by atoms with van der Waals surface area (Å²) in [4.78, 5) is 2.49. The van der Waals surface area contributed by atoms with Crippen molar-refractivity contribution in [2.75, 3.05) is 19.6 Å². The topological polar surface area (TPSA) is 47.1 Å². The molecule has 0 radical (unpaired) electrons. The van der Waals surface area contributed by atoms with Crippen molar-refractivity contribution < 1.29 is 0 Å². The molecule has 0 amide bonds. The summed E-state index contributed by atoms with van der Waals surface area (Å²) in [6.45, 7) is 10.3. The predicted molar refractivity (Wildman–Crippen MR) is 74.1 cm³/mol. The predicted octanol–water partition coefficient (Wildman–Crippen LogP) is 1.79. The molecule has 102 valence electrons. The lowest BCUT2D eigenvalue weighted by Gasteiger charge is -2.27. The van der Waals surface area contributed by atoms with Crippen LogP contribution in [0.4, 0.5) is 0 Å². The lowest BCUT2D eigenvalue weighted by atomic mass is 9.80. The van der Waals surface area contributed by atoms with Gasteiger partial charge in [0.15, 0.2) is 0 Å². The van der Waals surface area contributed by atoms with Crippen molar-refractivity contribution in [3.63, 3.8) is 0 Å². The van der Waals surface area contributed by atoms with Crippen molar-refractivity contribution in [1.82, 2.24) is 14.7 Å². The van der Waals surface area contributed by atoms with E-state index in [9.17, 15) is 0 Å². The normalized spacial score (nSPS) is 23.5. The van der Waals surface area contributed by atoms with Gasteiger partial charge in [0.25, 0.3) is 0 Å².